The zero-order chi connectivity index (χ0) is 16.8. The molecule has 0 fully saturated rings. The second-order valence-electron chi connectivity index (χ2n) is 6.07. The van der Waals surface area contributed by atoms with Gasteiger partial charge in [-0.05, 0) is 24.5 Å². The molecule has 3 heteroatoms. The molecular weight excluding hydrogens is 288 g/mol. The lowest BCUT2D eigenvalue weighted by molar-refractivity contribution is -0.146. The molecule has 0 bridgehead atoms. The Morgan fingerprint density at radius 1 is 0.913 bits per heavy atom. The van der Waals surface area contributed by atoms with Gasteiger partial charge >= 0.3 is 5.97 Å². The van der Waals surface area contributed by atoms with Crippen molar-refractivity contribution < 1.29 is 14.3 Å². The van der Waals surface area contributed by atoms with Gasteiger partial charge in [0.2, 0.25) is 0 Å². The van der Waals surface area contributed by atoms with Crippen LogP contribution in [0.3, 0.4) is 0 Å². The van der Waals surface area contributed by atoms with Crippen molar-refractivity contribution in [2.45, 2.75) is 26.7 Å². The number of esters is 1. The number of ketones is 1. The minimum atomic E-state index is -0.391. The quantitative estimate of drug-likeness (QED) is 0.592. The molecule has 0 heterocycles. The SMILES string of the molecule is CC(C)COC(=O)C(C)c1cccc(C(=O)c2ccccc2)c1. The van der Waals surface area contributed by atoms with Crippen LogP contribution in [0.1, 0.15) is 48.2 Å². The molecule has 3 nitrogen and oxygen atoms in total. The van der Waals surface area contributed by atoms with Crippen molar-refractivity contribution in [3.05, 3.63) is 71.3 Å². The molecule has 2 aromatic carbocycles. The number of rotatable bonds is 6. The Morgan fingerprint density at radius 3 is 2.22 bits per heavy atom. The lowest BCUT2D eigenvalue weighted by Gasteiger charge is -2.14. The third-order valence-corrected chi connectivity index (χ3v) is 3.60. The number of ether oxygens (including phenoxy) is 1. The van der Waals surface area contributed by atoms with Crippen LogP contribution in [0, 0.1) is 5.92 Å². The molecule has 1 atom stereocenters. The van der Waals surface area contributed by atoms with E-state index >= 15 is 0 Å². The zero-order valence-corrected chi connectivity index (χ0v) is 13.8. The number of benzene rings is 2. The Balaban J connectivity index is 2.16. The van der Waals surface area contributed by atoms with Gasteiger partial charge in [-0.15, -0.1) is 0 Å². The summed E-state index contributed by atoms with van der Waals surface area (Å²) in [5.74, 6) is -0.396. The highest BCUT2D eigenvalue weighted by Crippen LogP contribution is 2.20. The maximum Gasteiger partial charge on any atom is 0.313 e. The molecule has 0 aliphatic carbocycles. The molecule has 0 amide bonds. The number of carbonyl (C=O) groups is 2. The predicted molar refractivity (Wildman–Crippen MR) is 90.5 cm³/mol. The van der Waals surface area contributed by atoms with E-state index in [0.717, 1.165) is 5.56 Å². The number of hydrogen-bond acceptors (Lipinski definition) is 3. The Morgan fingerprint density at radius 2 is 1.57 bits per heavy atom. The van der Waals surface area contributed by atoms with Crippen LogP contribution in [0.4, 0.5) is 0 Å². The highest BCUT2D eigenvalue weighted by Gasteiger charge is 2.19. The van der Waals surface area contributed by atoms with Gasteiger partial charge in [-0.25, -0.2) is 0 Å². The van der Waals surface area contributed by atoms with Gasteiger partial charge in [-0.2, -0.15) is 0 Å². The van der Waals surface area contributed by atoms with E-state index in [9.17, 15) is 9.59 Å². The summed E-state index contributed by atoms with van der Waals surface area (Å²) >= 11 is 0. The predicted octanol–water partition coefficient (Wildman–Crippen LogP) is 4.22. The summed E-state index contributed by atoms with van der Waals surface area (Å²) in [5.41, 5.74) is 2.01. The Bertz CT molecular complexity index is 674. The first-order chi connectivity index (χ1) is 11.0. The van der Waals surface area contributed by atoms with Crippen molar-refractivity contribution >= 4 is 11.8 Å². The van der Waals surface area contributed by atoms with Gasteiger partial charge < -0.3 is 4.74 Å². The summed E-state index contributed by atoms with van der Waals surface area (Å²) in [7, 11) is 0. The van der Waals surface area contributed by atoms with Crippen LogP contribution < -0.4 is 0 Å². The van der Waals surface area contributed by atoms with Crippen LogP contribution in [0.25, 0.3) is 0 Å². The van der Waals surface area contributed by atoms with E-state index in [1.54, 1.807) is 37.3 Å². The third-order valence-electron chi connectivity index (χ3n) is 3.60. The molecule has 120 valence electrons. The monoisotopic (exact) mass is 310 g/mol. The first kappa shape index (κ1) is 16.9. The van der Waals surface area contributed by atoms with Crippen LogP contribution in [0.15, 0.2) is 54.6 Å². The molecule has 0 radical (unpaired) electrons. The van der Waals surface area contributed by atoms with E-state index in [2.05, 4.69) is 0 Å². The molecule has 1 unspecified atom stereocenters. The van der Waals surface area contributed by atoms with Crippen molar-refractivity contribution in [3.63, 3.8) is 0 Å². The fraction of sp³-hybridized carbons (Fsp3) is 0.300. The van der Waals surface area contributed by atoms with E-state index in [4.69, 9.17) is 4.74 Å². The summed E-state index contributed by atoms with van der Waals surface area (Å²) < 4.78 is 5.28. The largest absolute Gasteiger partial charge is 0.465 e. The molecule has 0 spiro atoms. The summed E-state index contributed by atoms with van der Waals surface area (Å²) in [6.07, 6.45) is 0. The second-order valence-corrected chi connectivity index (χ2v) is 6.07. The van der Waals surface area contributed by atoms with Gasteiger partial charge in [0, 0.05) is 11.1 Å². The van der Waals surface area contributed by atoms with Gasteiger partial charge in [-0.3, -0.25) is 9.59 Å². The smallest absolute Gasteiger partial charge is 0.313 e. The van der Waals surface area contributed by atoms with Crippen LogP contribution in [-0.4, -0.2) is 18.4 Å². The van der Waals surface area contributed by atoms with Crippen LogP contribution in [0.2, 0.25) is 0 Å². The summed E-state index contributed by atoms with van der Waals surface area (Å²) in [4.78, 5) is 24.6. The zero-order valence-electron chi connectivity index (χ0n) is 13.8. The molecule has 0 N–H and O–H groups in total. The number of carbonyl (C=O) groups excluding carboxylic acids is 2. The molecular formula is C20H22O3. The highest BCUT2D eigenvalue weighted by atomic mass is 16.5. The average molecular weight is 310 g/mol. The van der Waals surface area contributed by atoms with Gasteiger partial charge in [0.15, 0.2) is 5.78 Å². The van der Waals surface area contributed by atoms with E-state index in [1.807, 2.05) is 38.1 Å². The topological polar surface area (TPSA) is 43.4 Å². The molecule has 0 aliphatic rings. The molecule has 0 saturated carbocycles. The molecule has 0 aromatic heterocycles. The first-order valence-electron chi connectivity index (χ1n) is 7.85. The minimum Gasteiger partial charge on any atom is -0.465 e. The molecule has 2 aromatic rings. The Labute approximate surface area is 137 Å². The maximum absolute atomic E-state index is 12.5. The normalized spacial score (nSPS) is 12.0. The van der Waals surface area contributed by atoms with Crippen molar-refractivity contribution in [2.75, 3.05) is 6.61 Å². The summed E-state index contributed by atoms with van der Waals surface area (Å²) in [5, 5.41) is 0. The summed E-state index contributed by atoms with van der Waals surface area (Å²) in [6.45, 7) is 6.20. The molecule has 0 saturated heterocycles. The molecule has 0 aliphatic heterocycles. The molecule has 23 heavy (non-hydrogen) atoms. The third kappa shape index (κ3) is 4.52. The van der Waals surface area contributed by atoms with E-state index in [1.165, 1.54) is 0 Å². The average Bonchev–Trinajstić information content (AvgIpc) is 2.59. The highest BCUT2D eigenvalue weighted by molar-refractivity contribution is 6.09. The van der Waals surface area contributed by atoms with Crippen molar-refractivity contribution in [1.29, 1.82) is 0 Å². The summed E-state index contributed by atoms with van der Waals surface area (Å²) in [6, 6.07) is 16.3. The lowest BCUT2D eigenvalue weighted by Crippen LogP contribution is -2.16. The maximum atomic E-state index is 12.5. The van der Waals surface area contributed by atoms with E-state index in [0.29, 0.717) is 23.7 Å². The Kier molecular flexibility index (Phi) is 5.69. The lowest BCUT2D eigenvalue weighted by atomic mass is 9.96. The Hall–Kier alpha value is -2.42. The second kappa shape index (κ2) is 7.73. The van der Waals surface area contributed by atoms with Crippen molar-refractivity contribution in [3.8, 4) is 0 Å². The van der Waals surface area contributed by atoms with Crippen molar-refractivity contribution in [2.24, 2.45) is 5.92 Å². The molecule has 2 rings (SSSR count). The minimum absolute atomic E-state index is 0.0461. The fourth-order valence-corrected chi connectivity index (χ4v) is 2.22. The fourth-order valence-electron chi connectivity index (χ4n) is 2.22. The van der Waals surface area contributed by atoms with Gasteiger partial charge in [-0.1, -0.05) is 62.4 Å². The van der Waals surface area contributed by atoms with Crippen LogP contribution in [-0.2, 0) is 9.53 Å². The van der Waals surface area contributed by atoms with Crippen LogP contribution >= 0.6 is 0 Å². The van der Waals surface area contributed by atoms with Crippen molar-refractivity contribution in [1.82, 2.24) is 0 Å². The van der Waals surface area contributed by atoms with Gasteiger partial charge in [0.05, 0.1) is 12.5 Å². The standard InChI is InChI=1S/C20H22O3/c1-14(2)13-23-20(22)15(3)17-10-7-11-18(12-17)19(21)16-8-5-4-6-9-16/h4-12,14-15H,13H2,1-3H3. The first-order valence-corrected chi connectivity index (χ1v) is 7.85. The van der Waals surface area contributed by atoms with E-state index < -0.39 is 5.92 Å². The van der Waals surface area contributed by atoms with Gasteiger partial charge in [0.1, 0.15) is 0 Å². The van der Waals surface area contributed by atoms with E-state index in [-0.39, 0.29) is 11.8 Å². The van der Waals surface area contributed by atoms with Gasteiger partial charge in [0.25, 0.3) is 0 Å². The van der Waals surface area contributed by atoms with Crippen LogP contribution in [0.5, 0.6) is 0 Å². The number of hydrogen-bond donors (Lipinski definition) is 0.